The van der Waals surface area contributed by atoms with Crippen LogP contribution >= 0.6 is 11.6 Å². The highest BCUT2D eigenvalue weighted by Gasteiger charge is 2.30. The van der Waals surface area contributed by atoms with Crippen molar-refractivity contribution in [2.45, 2.75) is 18.7 Å². The summed E-state index contributed by atoms with van der Waals surface area (Å²) in [5, 5.41) is -0.283. The second-order valence-corrected chi connectivity index (χ2v) is 4.65. The maximum atomic E-state index is 13.8. The van der Waals surface area contributed by atoms with E-state index in [2.05, 4.69) is 0 Å². The molecule has 1 aromatic rings. The Balaban J connectivity index is 2.34. The van der Waals surface area contributed by atoms with E-state index in [1.807, 2.05) is 0 Å². The van der Waals surface area contributed by atoms with E-state index >= 15 is 0 Å². The van der Waals surface area contributed by atoms with Crippen molar-refractivity contribution in [1.29, 1.82) is 0 Å². The van der Waals surface area contributed by atoms with Gasteiger partial charge in [0, 0.05) is 18.5 Å². The number of halogens is 2. The summed E-state index contributed by atoms with van der Waals surface area (Å²) in [4.78, 5) is 24.0. The molecule has 1 atom stereocenters. The third-order valence-electron chi connectivity index (χ3n) is 2.72. The Morgan fingerprint density at radius 3 is 2.71 bits per heavy atom. The first-order valence-electron chi connectivity index (χ1n) is 5.24. The molecule has 2 rings (SSSR count). The first-order valence-corrected chi connectivity index (χ1v) is 5.67. The standard InChI is InChI=1S/C12H11ClFNO2/c1-7(16)8-2-3-11(10(14)4-8)15-6-9(13)5-12(15)17/h2-4,9H,5-6H2,1H3. The number of alkyl halides is 1. The number of carbonyl (C=O) groups is 2. The minimum atomic E-state index is -0.572. The van der Waals surface area contributed by atoms with Gasteiger partial charge in [-0.05, 0) is 25.1 Å². The van der Waals surface area contributed by atoms with Crippen LogP contribution in [0.2, 0.25) is 0 Å². The number of hydrogen-bond donors (Lipinski definition) is 0. The van der Waals surface area contributed by atoms with Crippen molar-refractivity contribution >= 4 is 29.0 Å². The van der Waals surface area contributed by atoms with Gasteiger partial charge in [0.1, 0.15) is 5.82 Å². The van der Waals surface area contributed by atoms with Gasteiger partial charge in [0.05, 0.1) is 11.1 Å². The van der Waals surface area contributed by atoms with E-state index in [1.165, 1.54) is 24.0 Å². The smallest absolute Gasteiger partial charge is 0.228 e. The maximum absolute atomic E-state index is 13.8. The monoisotopic (exact) mass is 255 g/mol. The Kier molecular flexibility index (Phi) is 3.15. The normalized spacial score (nSPS) is 19.8. The summed E-state index contributed by atoms with van der Waals surface area (Å²) in [6.45, 7) is 1.67. The average molecular weight is 256 g/mol. The van der Waals surface area contributed by atoms with Crippen molar-refractivity contribution in [3.8, 4) is 0 Å². The molecular formula is C12H11ClFNO2. The van der Waals surface area contributed by atoms with Gasteiger partial charge in [-0.3, -0.25) is 9.59 Å². The number of anilines is 1. The molecule has 1 amide bonds. The molecule has 1 aromatic carbocycles. The third kappa shape index (κ3) is 2.31. The van der Waals surface area contributed by atoms with Gasteiger partial charge in [0.2, 0.25) is 5.91 Å². The van der Waals surface area contributed by atoms with E-state index in [9.17, 15) is 14.0 Å². The van der Waals surface area contributed by atoms with Gasteiger partial charge in [0.25, 0.3) is 0 Å². The molecule has 1 saturated heterocycles. The number of amides is 1. The maximum Gasteiger partial charge on any atom is 0.228 e. The van der Waals surface area contributed by atoms with Crippen LogP contribution < -0.4 is 4.90 Å². The van der Waals surface area contributed by atoms with Crippen LogP contribution in [0.1, 0.15) is 23.7 Å². The number of benzene rings is 1. The van der Waals surface area contributed by atoms with Crippen LogP contribution in [-0.4, -0.2) is 23.6 Å². The second-order valence-electron chi connectivity index (χ2n) is 4.03. The van der Waals surface area contributed by atoms with Crippen molar-refractivity contribution in [2.75, 3.05) is 11.4 Å². The van der Waals surface area contributed by atoms with Crippen LogP contribution in [0.4, 0.5) is 10.1 Å². The van der Waals surface area contributed by atoms with Gasteiger partial charge in [-0.2, -0.15) is 0 Å². The number of ketones is 1. The lowest BCUT2D eigenvalue weighted by Crippen LogP contribution is -2.25. The molecule has 90 valence electrons. The summed E-state index contributed by atoms with van der Waals surface area (Å²) in [5.41, 5.74) is 0.475. The van der Waals surface area contributed by atoms with Gasteiger partial charge in [-0.15, -0.1) is 11.6 Å². The van der Waals surface area contributed by atoms with Crippen molar-refractivity contribution < 1.29 is 14.0 Å². The van der Waals surface area contributed by atoms with Gasteiger partial charge in [-0.1, -0.05) is 0 Å². The molecule has 1 heterocycles. The molecular weight excluding hydrogens is 245 g/mol. The highest BCUT2D eigenvalue weighted by molar-refractivity contribution is 6.24. The van der Waals surface area contributed by atoms with Crippen LogP contribution in [0, 0.1) is 5.82 Å². The molecule has 0 N–H and O–H groups in total. The lowest BCUT2D eigenvalue weighted by molar-refractivity contribution is -0.117. The summed E-state index contributed by atoms with van der Waals surface area (Å²) in [6.07, 6.45) is 0.218. The molecule has 1 unspecified atom stereocenters. The summed E-state index contributed by atoms with van der Waals surface area (Å²) in [5.74, 6) is -0.977. The summed E-state index contributed by atoms with van der Waals surface area (Å²) >= 11 is 5.85. The molecule has 1 aliphatic rings. The van der Waals surface area contributed by atoms with Gasteiger partial charge in [-0.25, -0.2) is 4.39 Å². The molecule has 5 heteroatoms. The Hall–Kier alpha value is -1.42. The molecule has 0 saturated carbocycles. The molecule has 1 aliphatic heterocycles. The van der Waals surface area contributed by atoms with Crippen LogP contribution in [0.15, 0.2) is 18.2 Å². The molecule has 17 heavy (non-hydrogen) atoms. The molecule has 0 radical (unpaired) electrons. The van der Waals surface area contributed by atoms with Gasteiger partial charge in [0.15, 0.2) is 5.78 Å². The van der Waals surface area contributed by atoms with Crippen LogP contribution in [0.5, 0.6) is 0 Å². The van der Waals surface area contributed by atoms with Crippen molar-refractivity contribution in [3.63, 3.8) is 0 Å². The largest absolute Gasteiger partial charge is 0.308 e. The highest BCUT2D eigenvalue weighted by atomic mass is 35.5. The number of nitrogens with zero attached hydrogens (tertiary/aromatic N) is 1. The SMILES string of the molecule is CC(=O)c1ccc(N2CC(Cl)CC2=O)c(F)c1. The van der Waals surface area contributed by atoms with E-state index < -0.39 is 5.82 Å². The van der Waals surface area contributed by atoms with E-state index in [-0.39, 0.29) is 29.2 Å². The van der Waals surface area contributed by atoms with Crippen molar-refractivity contribution in [3.05, 3.63) is 29.6 Å². The number of rotatable bonds is 2. The summed E-state index contributed by atoms with van der Waals surface area (Å²) in [6, 6.07) is 4.10. The molecule has 0 aliphatic carbocycles. The Morgan fingerprint density at radius 1 is 1.53 bits per heavy atom. The Morgan fingerprint density at radius 2 is 2.24 bits per heavy atom. The fourth-order valence-electron chi connectivity index (χ4n) is 1.84. The van der Waals surface area contributed by atoms with Crippen LogP contribution in [-0.2, 0) is 4.79 Å². The predicted molar refractivity (Wildman–Crippen MR) is 63.0 cm³/mol. The predicted octanol–water partition coefficient (Wildman–Crippen LogP) is 2.37. The summed E-state index contributed by atoms with van der Waals surface area (Å²) < 4.78 is 13.8. The first kappa shape index (κ1) is 12.0. The second kappa shape index (κ2) is 4.45. The van der Waals surface area contributed by atoms with Gasteiger partial charge >= 0.3 is 0 Å². The average Bonchev–Trinajstić information content (AvgIpc) is 2.57. The number of Topliss-reactive ketones (excluding diaryl/α,β-unsaturated/α-hetero) is 1. The fraction of sp³-hybridized carbons (Fsp3) is 0.333. The van der Waals surface area contributed by atoms with Crippen molar-refractivity contribution in [2.24, 2.45) is 0 Å². The zero-order valence-electron chi connectivity index (χ0n) is 9.24. The topological polar surface area (TPSA) is 37.4 Å². The summed E-state index contributed by atoms with van der Waals surface area (Å²) in [7, 11) is 0. The lowest BCUT2D eigenvalue weighted by atomic mass is 10.1. The number of carbonyl (C=O) groups excluding carboxylic acids is 2. The van der Waals surface area contributed by atoms with E-state index in [0.717, 1.165) is 6.07 Å². The van der Waals surface area contributed by atoms with Gasteiger partial charge < -0.3 is 4.90 Å². The zero-order chi connectivity index (χ0) is 12.6. The highest BCUT2D eigenvalue weighted by Crippen LogP contribution is 2.27. The quantitative estimate of drug-likeness (QED) is 0.601. The van der Waals surface area contributed by atoms with E-state index in [4.69, 9.17) is 11.6 Å². The minimum Gasteiger partial charge on any atom is -0.308 e. The number of hydrogen-bond acceptors (Lipinski definition) is 2. The molecule has 0 spiro atoms. The molecule has 0 aromatic heterocycles. The molecule has 0 bridgehead atoms. The Bertz CT molecular complexity index is 489. The molecule has 1 fully saturated rings. The first-order chi connectivity index (χ1) is 7.99. The third-order valence-corrected chi connectivity index (χ3v) is 3.02. The fourth-order valence-corrected chi connectivity index (χ4v) is 2.11. The van der Waals surface area contributed by atoms with E-state index in [0.29, 0.717) is 12.1 Å². The Labute approximate surface area is 103 Å². The zero-order valence-corrected chi connectivity index (χ0v) is 10.00. The molecule has 3 nitrogen and oxygen atoms in total. The minimum absolute atomic E-state index is 0.183. The van der Waals surface area contributed by atoms with Crippen LogP contribution in [0.3, 0.4) is 0 Å². The van der Waals surface area contributed by atoms with E-state index in [1.54, 1.807) is 0 Å². The van der Waals surface area contributed by atoms with Crippen LogP contribution in [0.25, 0.3) is 0 Å². The van der Waals surface area contributed by atoms with Crippen molar-refractivity contribution in [1.82, 2.24) is 0 Å². The lowest BCUT2D eigenvalue weighted by Gasteiger charge is -2.16.